The molecule has 8 heteroatoms. The van der Waals surface area contributed by atoms with Gasteiger partial charge in [-0.2, -0.15) is 4.98 Å². The van der Waals surface area contributed by atoms with E-state index in [1.165, 1.54) is 0 Å². The van der Waals surface area contributed by atoms with E-state index in [0.717, 1.165) is 23.7 Å². The van der Waals surface area contributed by atoms with Crippen molar-refractivity contribution in [1.29, 1.82) is 0 Å². The van der Waals surface area contributed by atoms with E-state index < -0.39 is 0 Å². The molecule has 1 amide bonds. The summed E-state index contributed by atoms with van der Waals surface area (Å²) in [5, 5.41) is 10.5. The Morgan fingerprint density at radius 3 is 2.60 bits per heavy atom. The molecule has 8 nitrogen and oxygen atoms in total. The van der Waals surface area contributed by atoms with Gasteiger partial charge in [0.05, 0.1) is 12.7 Å². The van der Waals surface area contributed by atoms with E-state index in [1.54, 1.807) is 30.1 Å². The molecule has 0 unspecified atom stereocenters. The number of hydrogen-bond acceptors (Lipinski definition) is 6. The zero-order valence-corrected chi connectivity index (χ0v) is 14.4. The average molecular weight is 340 g/mol. The maximum Gasteiger partial charge on any atom is 0.258 e. The Balaban J connectivity index is 1.58. The summed E-state index contributed by atoms with van der Waals surface area (Å²) in [6.07, 6.45) is 1.63. The van der Waals surface area contributed by atoms with Gasteiger partial charge in [-0.05, 0) is 31.7 Å². The maximum atomic E-state index is 12.2. The summed E-state index contributed by atoms with van der Waals surface area (Å²) in [6.45, 7) is 3.24. The van der Waals surface area contributed by atoms with Gasteiger partial charge in [-0.15, -0.1) is 5.10 Å². The van der Waals surface area contributed by atoms with Crippen molar-refractivity contribution in [2.45, 2.75) is 20.0 Å². The van der Waals surface area contributed by atoms with E-state index in [2.05, 4.69) is 25.5 Å². The molecule has 1 aromatic carbocycles. The maximum absolute atomic E-state index is 12.2. The predicted octanol–water partition coefficient (Wildman–Crippen LogP) is 2.00. The summed E-state index contributed by atoms with van der Waals surface area (Å²) in [6, 6.07) is 9.30. The number of anilines is 1. The summed E-state index contributed by atoms with van der Waals surface area (Å²) >= 11 is 0. The van der Waals surface area contributed by atoms with E-state index >= 15 is 0 Å². The molecule has 3 rings (SSSR count). The van der Waals surface area contributed by atoms with Crippen LogP contribution in [0.1, 0.15) is 27.5 Å². The molecule has 0 bridgehead atoms. The monoisotopic (exact) mass is 340 g/mol. The largest absolute Gasteiger partial charge is 0.360 e. The van der Waals surface area contributed by atoms with E-state index in [1.807, 2.05) is 32.2 Å². The van der Waals surface area contributed by atoms with Crippen molar-refractivity contribution in [3.05, 3.63) is 59.2 Å². The molecule has 0 spiro atoms. The van der Waals surface area contributed by atoms with Gasteiger partial charge in [-0.3, -0.25) is 19.7 Å². The average Bonchev–Trinajstić information content (AvgIpc) is 3.18. The number of carbonyl (C=O) groups is 1. The molecule has 0 radical (unpaired) electrons. The fourth-order valence-corrected chi connectivity index (χ4v) is 2.41. The van der Waals surface area contributed by atoms with Gasteiger partial charge in [0.2, 0.25) is 5.95 Å². The van der Waals surface area contributed by atoms with E-state index in [4.69, 9.17) is 4.52 Å². The molecule has 130 valence electrons. The first-order valence-electron chi connectivity index (χ1n) is 7.87. The van der Waals surface area contributed by atoms with Gasteiger partial charge in [-0.1, -0.05) is 17.3 Å². The van der Waals surface area contributed by atoms with Crippen molar-refractivity contribution in [2.24, 2.45) is 7.05 Å². The highest BCUT2D eigenvalue weighted by molar-refractivity contribution is 6.03. The Kier molecular flexibility index (Phi) is 4.90. The minimum atomic E-state index is -0.229. The van der Waals surface area contributed by atoms with Crippen LogP contribution in [0.2, 0.25) is 0 Å². The number of hydrogen-bond donors (Lipinski definition) is 1. The van der Waals surface area contributed by atoms with Crippen LogP contribution in [0.3, 0.4) is 0 Å². The Bertz CT molecular complexity index is 819. The third-order valence-corrected chi connectivity index (χ3v) is 3.79. The van der Waals surface area contributed by atoms with Gasteiger partial charge in [-0.25, -0.2) is 0 Å². The molecule has 2 aromatic heterocycles. The number of benzene rings is 1. The molecule has 1 N–H and O–H groups in total. The molecule has 3 aromatic rings. The van der Waals surface area contributed by atoms with Gasteiger partial charge in [0.25, 0.3) is 5.91 Å². The fraction of sp³-hybridized carbons (Fsp3) is 0.294. The molecule has 0 aliphatic carbocycles. The van der Waals surface area contributed by atoms with Crippen LogP contribution in [0.5, 0.6) is 0 Å². The minimum Gasteiger partial charge on any atom is -0.360 e. The van der Waals surface area contributed by atoms with Crippen molar-refractivity contribution in [3.63, 3.8) is 0 Å². The van der Waals surface area contributed by atoms with Crippen LogP contribution in [0.15, 0.2) is 41.1 Å². The number of amides is 1. The molecule has 0 saturated carbocycles. The topological polar surface area (TPSA) is 89.1 Å². The zero-order chi connectivity index (χ0) is 17.8. The molecule has 0 atom stereocenters. The predicted molar refractivity (Wildman–Crippen MR) is 91.8 cm³/mol. The first kappa shape index (κ1) is 16.8. The molecule has 0 saturated heterocycles. The normalized spacial score (nSPS) is 11.0. The molecular formula is C17H20N6O2. The number of nitrogens with one attached hydrogen (secondary N) is 1. The lowest BCUT2D eigenvalue weighted by Crippen LogP contribution is -2.17. The molecule has 0 fully saturated rings. The van der Waals surface area contributed by atoms with Gasteiger partial charge in [0.1, 0.15) is 5.82 Å². The second-order valence-electron chi connectivity index (χ2n) is 5.91. The highest BCUT2D eigenvalue weighted by atomic mass is 16.5. The van der Waals surface area contributed by atoms with Crippen LogP contribution >= 0.6 is 0 Å². The van der Waals surface area contributed by atoms with Crippen molar-refractivity contribution in [2.75, 3.05) is 12.4 Å². The highest BCUT2D eigenvalue weighted by Crippen LogP contribution is 2.11. The third-order valence-electron chi connectivity index (χ3n) is 3.79. The van der Waals surface area contributed by atoms with Gasteiger partial charge in [0.15, 0.2) is 5.76 Å². The number of rotatable bonds is 6. The summed E-state index contributed by atoms with van der Waals surface area (Å²) in [4.78, 5) is 18.5. The van der Waals surface area contributed by atoms with Crippen LogP contribution in [-0.4, -0.2) is 37.8 Å². The second-order valence-corrected chi connectivity index (χ2v) is 5.91. The number of carbonyl (C=O) groups excluding carboxylic acids is 1. The zero-order valence-electron chi connectivity index (χ0n) is 14.4. The summed E-state index contributed by atoms with van der Waals surface area (Å²) in [5.74, 6) is 1.63. The van der Waals surface area contributed by atoms with E-state index in [9.17, 15) is 4.79 Å². The van der Waals surface area contributed by atoms with Crippen LogP contribution in [0.25, 0.3) is 0 Å². The summed E-state index contributed by atoms with van der Waals surface area (Å²) in [5.41, 5.74) is 1.66. The third kappa shape index (κ3) is 4.30. The smallest absolute Gasteiger partial charge is 0.258 e. The van der Waals surface area contributed by atoms with Gasteiger partial charge < -0.3 is 4.52 Å². The molecule has 0 aliphatic rings. The highest BCUT2D eigenvalue weighted by Gasteiger charge is 2.11. The molecule has 2 heterocycles. The van der Waals surface area contributed by atoms with Crippen LogP contribution in [0, 0.1) is 6.92 Å². The summed E-state index contributed by atoms with van der Waals surface area (Å²) in [7, 11) is 3.78. The molecular weight excluding hydrogens is 320 g/mol. The first-order chi connectivity index (χ1) is 12.0. The Hall–Kier alpha value is -3.00. The van der Waals surface area contributed by atoms with Crippen molar-refractivity contribution >= 4 is 11.9 Å². The Morgan fingerprint density at radius 2 is 2.00 bits per heavy atom. The van der Waals surface area contributed by atoms with E-state index in [0.29, 0.717) is 18.1 Å². The van der Waals surface area contributed by atoms with Crippen LogP contribution in [-0.2, 0) is 20.1 Å². The number of nitrogens with zero attached hydrogens (tertiary/aromatic N) is 5. The Labute approximate surface area is 145 Å². The number of aromatic nitrogens is 4. The quantitative estimate of drug-likeness (QED) is 0.738. The lowest BCUT2D eigenvalue weighted by Gasteiger charge is -2.14. The van der Waals surface area contributed by atoms with Crippen molar-refractivity contribution < 1.29 is 9.32 Å². The Morgan fingerprint density at radius 1 is 1.24 bits per heavy atom. The molecule has 25 heavy (non-hydrogen) atoms. The van der Waals surface area contributed by atoms with Gasteiger partial charge >= 0.3 is 0 Å². The van der Waals surface area contributed by atoms with Crippen LogP contribution in [0.4, 0.5) is 5.95 Å². The minimum absolute atomic E-state index is 0.229. The lowest BCUT2D eigenvalue weighted by molar-refractivity contribution is 0.102. The van der Waals surface area contributed by atoms with E-state index in [-0.39, 0.29) is 5.91 Å². The standard InChI is InChI=1S/C17H20N6O2/c1-12-19-17(21-23(12)3)20-16(24)14-6-4-13(5-7-14)10-22(2)11-15-8-9-18-25-15/h4-9H,10-11H2,1-3H3,(H,20,21,24). The fourth-order valence-electron chi connectivity index (χ4n) is 2.41. The van der Waals surface area contributed by atoms with Gasteiger partial charge in [0, 0.05) is 25.2 Å². The van der Waals surface area contributed by atoms with Crippen molar-refractivity contribution in [3.8, 4) is 0 Å². The first-order valence-corrected chi connectivity index (χ1v) is 7.87. The van der Waals surface area contributed by atoms with Crippen LogP contribution < -0.4 is 5.32 Å². The summed E-state index contributed by atoms with van der Waals surface area (Å²) < 4.78 is 6.72. The number of aryl methyl sites for hydroxylation is 2. The van der Waals surface area contributed by atoms with Crippen molar-refractivity contribution in [1.82, 2.24) is 24.8 Å². The lowest BCUT2D eigenvalue weighted by atomic mass is 10.1. The molecule has 0 aliphatic heterocycles. The SMILES string of the molecule is Cc1nc(NC(=O)c2ccc(CN(C)Cc3ccno3)cc2)nn1C. The second kappa shape index (κ2) is 7.27.